The van der Waals surface area contributed by atoms with E-state index >= 15 is 0 Å². The number of rotatable bonds is 11. The van der Waals surface area contributed by atoms with E-state index in [2.05, 4.69) is 24.1 Å². The number of aryl methyl sites for hydroxylation is 1. The third-order valence-corrected chi connectivity index (χ3v) is 9.04. The van der Waals surface area contributed by atoms with Crippen LogP contribution in [0.3, 0.4) is 0 Å². The summed E-state index contributed by atoms with van der Waals surface area (Å²) in [6.45, 7) is 9.37. The van der Waals surface area contributed by atoms with E-state index in [0.717, 1.165) is 47.9 Å². The standard InChI is InChI=1S/C30H38N5O3.C9H9NO2.V/c1-4-6-14-33(15-7-5-2)30(38)27-16-21(3)35(32-27)28-13-12-24(31)18-26(28)29(37)34-19-23-11-9-8-10-22(23)17-25(34)20-36;1-6(11)9-7-4-2-3-5-8(7)12-10-9;/h8-13,16,18,25,31,36H,4-7,14-15,17,19-20H2,1-3H3;2-6,11H,1H3;/q-1;;/t25-;;/m0../s1. The number of fused-ring (bicyclic) bond motifs is 2. The van der Waals surface area contributed by atoms with Gasteiger partial charge in [0.2, 0.25) is 0 Å². The van der Waals surface area contributed by atoms with Gasteiger partial charge in [-0.1, -0.05) is 80.4 Å². The van der Waals surface area contributed by atoms with Crippen LogP contribution in [0.15, 0.2) is 77.3 Å². The van der Waals surface area contributed by atoms with Crippen LogP contribution in [0.2, 0.25) is 0 Å². The number of carbonyl (C=O) groups is 2. The van der Waals surface area contributed by atoms with Crippen molar-refractivity contribution in [1.82, 2.24) is 24.7 Å². The van der Waals surface area contributed by atoms with Gasteiger partial charge in [-0.3, -0.25) is 9.59 Å². The van der Waals surface area contributed by atoms with Crippen molar-refractivity contribution in [2.24, 2.45) is 0 Å². The topological polar surface area (TPSA) is 149 Å². The maximum Gasteiger partial charge on any atom is 0.274 e. The zero-order chi connectivity index (χ0) is 35.8. The minimum Gasteiger partial charge on any atom is -0.699 e. The summed E-state index contributed by atoms with van der Waals surface area (Å²) < 4.78 is 6.63. The smallest absolute Gasteiger partial charge is 0.274 e. The second-order valence-electron chi connectivity index (χ2n) is 12.8. The summed E-state index contributed by atoms with van der Waals surface area (Å²) >= 11 is 0. The van der Waals surface area contributed by atoms with Crippen molar-refractivity contribution in [2.45, 2.75) is 78.5 Å². The average Bonchev–Trinajstić information content (AvgIpc) is 3.74. The van der Waals surface area contributed by atoms with E-state index in [-0.39, 0.29) is 48.7 Å². The zero-order valence-corrected chi connectivity index (χ0v) is 31.1. The molecule has 2 aromatic heterocycles. The summed E-state index contributed by atoms with van der Waals surface area (Å²) in [7, 11) is 0. The van der Waals surface area contributed by atoms with Gasteiger partial charge in [-0.25, -0.2) is 4.68 Å². The fraction of sp³-hybridized carbons (Fsp3) is 0.385. The third-order valence-electron chi connectivity index (χ3n) is 9.04. The van der Waals surface area contributed by atoms with Crippen LogP contribution in [-0.4, -0.2) is 72.5 Å². The largest absolute Gasteiger partial charge is 0.699 e. The summed E-state index contributed by atoms with van der Waals surface area (Å²) in [6.07, 6.45) is 3.87. The first-order chi connectivity index (χ1) is 24.2. The quantitative estimate of drug-likeness (QED) is 0.144. The van der Waals surface area contributed by atoms with Crippen LogP contribution in [0, 0.1) is 6.92 Å². The molecule has 2 atom stereocenters. The first kappa shape index (κ1) is 39.4. The SMILES string of the molecule is CC(O)c1noc2ccccc12.CCCCN(CCCC)C(=O)c1cc(C)n(-c2ccc([NH-])cc2C(=O)N2Cc3ccccc3C[C@H]2CO)n1.[V]. The maximum absolute atomic E-state index is 13.9. The number of unbranched alkanes of at least 4 members (excludes halogenated alkanes) is 2. The minimum atomic E-state index is -0.575. The fourth-order valence-corrected chi connectivity index (χ4v) is 6.24. The van der Waals surface area contributed by atoms with Gasteiger partial charge in [-0.2, -0.15) is 5.10 Å². The van der Waals surface area contributed by atoms with Gasteiger partial charge in [-0.15, -0.1) is 5.69 Å². The molecular weight excluding hydrogens is 683 g/mol. The molecule has 3 N–H and O–H groups in total. The van der Waals surface area contributed by atoms with Crippen LogP contribution < -0.4 is 0 Å². The van der Waals surface area contributed by atoms with Crippen molar-refractivity contribution in [3.8, 4) is 5.69 Å². The number of amides is 2. The van der Waals surface area contributed by atoms with Crippen LogP contribution in [0.1, 0.15) is 95.9 Å². The average molecular weight is 731 g/mol. The zero-order valence-electron chi connectivity index (χ0n) is 29.7. The van der Waals surface area contributed by atoms with Crippen molar-refractivity contribution in [3.05, 3.63) is 112 Å². The number of hydrogen-bond acceptors (Lipinski definition) is 7. The van der Waals surface area contributed by atoms with Gasteiger partial charge in [0.15, 0.2) is 11.3 Å². The molecule has 0 bridgehead atoms. The maximum atomic E-state index is 13.9. The second-order valence-corrected chi connectivity index (χ2v) is 12.8. The number of carbonyl (C=O) groups excluding carboxylic acids is 2. The van der Waals surface area contributed by atoms with Crippen molar-refractivity contribution < 1.29 is 42.9 Å². The Bertz CT molecular complexity index is 1910. The van der Waals surface area contributed by atoms with Crippen LogP contribution in [0.4, 0.5) is 5.69 Å². The first-order valence-corrected chi connectivity index (χ1v) is 17.4. The minimum absolute atomic E-state index is 0. The van der Waals surface area contributed by atoms with Crippen LogP contribution in [0.5, 0.6) is 0 Å². The predicted molar refractivity (Wildman–Crippen MR) is 194 cm³/mol. The number of aliphatic hydroxyl groups excluding tert-OH is 2. The van der Waals surface area contributed by atoms with Crippen molar-refractivity contribution in [1.29, 1.82) is 0 Å². The third kappa shape index (κ3) is 9.09. The molecule has 11 nitrogen and oxygen atoms in total. The van der Waals surface area contributed by atoms with E-state index in [9.17, 15) is 19.8 Å². The molecule has 12 heteroatoms. The van der Waals surface area contributed by atoms with Crippen LogP contribution in [-0.2, 0) is 31.5 Å². The number of nitrogens with zero attached hydrogens (tertiary/aromatic N) is 5. The van der Waals surface area contributed by atoms with Gasteiger partial charge in [0.25, 0.3) is 11.8 Å². The summed E-state index contributed by atoms with van der Waals surface area (Å²) in [5.74, 6) is -0.371. The molecule has 3 aromatic carbocycles. The molecule has 51 heavy (non-hydrogen) atoms. The predicted octanol–water partition coefficient (Wildman–Crippen LogP) is 7.34. The molecular formula is C39H47N6O5V-. The number of hydrogen-bond donors (Lipinski definition) is 2. The first-order valence-electron chi connectivity index (χ1n) is 17.4. The summed E-state index contributed by atoms with van der Waals surface area (Å²) in [5, 5.41) is 28.7. The van der Waals surface area contributed by atoms with Gasteiger partial charge in [-0.05, 0) is 68.5 Å². The van der Waals surface area contributed by atoms with Gasteiger partial charge < -0.3 is 30.3 Å². The van der Waals surface area contributed by atoms with E-state index in [1.165, 1.54) is 0 Å². The molecule has 6 rings (SSSR count). The summed E-state index contributed by atoms with van der Waals surface area (Å²) in [5.41, 5.74) is 13.9. The van der Waals surface area contributed by atoms with E-state index in [0.29, 0.717) is 54.3 Å². The molecule has 1 aliphatic rings. The Hall–Kier alpha value is -4.42. The van der Waals surface area contributed by atoms with E-state index in [1.807, 2.05) is 60.4 Å². The molecule has 0 fully saturated rings. The number of para-hydroxylation sites is 1. The normalized spacial score (nSPS) is 14.2. The van der Waals surface area contributed by atoms with E-state index < -0.39 is 6.10 Å². The number of aromatic nitrogens is 3. The Morgan fingerprint density at radius 3 is 2.33 bits per heavy atom. The molecule has 2 amide bonds. The molecule has 1 aliphatic heterocycles. The van der Waals surface area contributed by atoms with Crippen molar-refractivity contribution in [3.63, 3.8) is 0 Å². The Balaban J connectivity index is 0.000000377. The van der Waals surface area contributed by atoms with Crippen LogP contribution in [0.25, 0.3) is 22.4 Å². The van der Waals surface area contributed by atoms with Crippen molar-refractivity contribution >= 4 is 28.5 Å². The molecule has 0 spiro atoms. The van der Waals surface area contributed by atoms with Gasteiger partial charge in [0, 0.05) is 49.3 Å². The molecule has 1 radical (unpaired) electrons. The van der Waals surface area contributed by atoms with Gasteiger partial charge in [0.05, 0.1) is 30.0 Å². The molecule has 5 aromatic rings. The molecule has 3 heterocycles. The Labute approximate surface area is 311 Å². The Kier molecular flexibility index (Phi) is 14.0. The van der Waals surface area contributed by atoms with Crippen LogP contribution >= 0.6 is 0 Å². The number of nitrogens with one attached hydrogen (secondary N) is 1. The Morgan fingerprint density at radius 1 is 1.00 bits per heavy atom. The van der Waals surface area contributed by atoms with E-state index in [1.54, 1.807) is 40.8 Å². The molecule has 269 valence electrons. The molecule has 0 saturated carbocycles. The molecule has 1 unspecified atom stereocenters. The van der Waals surface area contributed by atoms with Crippen molar-refractivity contribution in [2.75, 3.05) is 19.7 Å². The van der Waals surface area contributed by atoms with E-state index in [4.69, 9.17) is 10.3 Å². The molecule has 0 aliphatic carbocycles. The molecule has 0 saturated heterocycles. The monoisotopic (exact) mass is 730 g/mol. The van der Waals surface area contributed by atoms with Gasteiger partial charge >= 0.3 is 0 Å². The summed E-state index contributed by atoms with van der Waals surface area (Å²) in [6, 6.07) is 21.7. The van der Waals surface area contributed by atoms with Gasteiger partial charge in [0.1, 0.15) is 5.69 Å². The number of benzene rings is 3. The number of aliphatic hydroxyl groups is 2. The fourth-order valence-electron chi connectivity index (χ4n) is 6.24. The summed E-state index contributed by atoms with van der Waals surface area (Å²) in [4.78, 5) is 30.9. The Morgan fingerprint density at radius 2 is 1.67 bits per heavy atom. The second kappa shape index (κ2) is 18.2.